The number of Topliss-reactive ketones (excluding diaryl/α,β-unsaturated/α-hetero) is 1. The number of ketones is 1. The van der Waals surface area contributed by atoms with E-state index in [0.717, 1.165) is 0 Å². The highest BCUT2D eigenvalue weighted by atomic mass is 19.1. The molecule has 3 aromatic carbocycles. The summed E-state index contributed by atoms with van der Waals surface area (Å²) in [6.07, 6.45) is -0.447. The number of halogens is 1. The third-order valence-corrected chi connectivity index (χ3v) is 5.35. The summed E-state index contributed by atoms with van der Waals surface area (Å²) in [5.74, 6) is -1.16. The van der Waals surface area contributed by atoms with Crippen LogP contribution in [0.2, 0.25) is 0 Å². The number of aliphatic hydroxyl groups is 1. The summed E-state index contributed by atoms with van der Waals surface area (Å²) >= 11 is 0. The van der Waals surface area contributed by atoms with Gasteiger partial charge in [-0.3, -0.25) is 9.59 Å². The molecule has 152 valence electrons. The lowest BCUT2D eigenvalue weighted by Gasteiger charge is -2.23. The zero-order valence-corrected chi connectivity index (χ0v) is 16.3. The summed E-state index contributed by atoms with van der Waals surface area (Å²) < 4.78 is 19.4. The average molecular weight is 405 g/mol. The fraction of sp³-hybridized carbons (Fsp3) is 0.167. The molecule has 0 saturated carbocycles. The lowest BCUT2D eigenvalue weighted by Crippen LogP contribution is -2.41. The Labute approximate surface area is 173 Å². The summed E-state index contributed by atoms with van der Waals surface area (Å²) in [6.45, 7) is -0.0479. The van der Waals surface area contributed by atoms with Crippen molar-refractivity contribution < 1.29 is 23.8 Å². The van der Waals surface area contributed by atoms with Gasteiger partial charge in [0.1, 0.15) is 11.6 Å². The van der Waals surface area contributed by atoms with Gasteiger partial charge in [-0.15, -0.1) is 0 Å². The molecule has 0 aromatic heterocycles. The van der Waals surface area contributed by atoms with E-state index >= 15 is 0 Å². The maximum atomic E-state index is 14.2. The van der Waals surface area contributed by atoms with Crippen LogP contribution in [-0.2, 0) is 16.9 Å². The second-order valence-corrected chi connectivity index (χ2v) is 7.16. The number of nitrogens with zero attached hydrogens (tertiary/aromatic N) is 1. The van der Waals surface area contributed by atoms with Gasteiger partial charge in [-0.05, 0) is 24.3 Å². The lowest BCUT2D eigenvalue weighted by atomic mass is 9.88. The zero-order chi connectivity index (χ0) is 21.3. The Kier molecular flexibility index (Phi) is 5.10. The number of rotatable bonds is 6. The molecule has 3 aromatic rings. The molecule has 30 heavy (non-hydrogen) atoms. The highest BCUT2D eigenvalue weighted by Gasteiger charge is 2.51. The first-order valence-corrected chi connectivity index (χ1v) is 9.49. The van der Waals surface area contributed by atoms with Crippen LogP contribution < -0.4 is 9.64 Å². The zero-order valence-electron chi connectivity index (χ0n) is 16.3. The van der Waals surface area contributed by atoms with E-state index in [4.69, 9.17) is 4.74 Å². The number of anilines is 1. The summed E-state index contributed by atoms with van der Waals surface area (Å²) in [7, 11) is 1.45. The third-order valence-electron chi connectivity index (χ3n) is 5.35. The van der Waals surface area contributed by atoms with Gasteiger partial charge in [0.2, 0.25) is 0 Å². The van der Waals surface area contributed by atoms with Crippen molar-refractivity contribution in [3.63, 3.8) is 0 Å². The molecule has 1 amide bonds. The fourth-order valence-electron chi connectivity index (χ4n) is 3.83. The molecule has 1 aliphatic rings. The summed E-state index contributed by atoms with van der Waals surface area (Å²) in [5, 5.41) is 11.4. The van der Waals surface area contributed by atoms with Crippen LogP contribution in [0, 0.1) is 5.82 Å². The quantitative estimate of drug-likeness (QED) is 0.633. The first kappa shape index (κ1) is 19.8. The maximum absolute atomic E-state index is 14.2. The highest BCUT2D eigenvalue weighted by Crippen LogP contribution is 2.44. The number of carbonyl (C=O) groups is 2. The van der Waals surface area contributed by atoms with Gasteiger partial charge < -0.3 is 14.7 Å². The molecule has 0 saturated heterocycles. The van der Waals surface area contributed by atoms with E-state index in [1.165, 1.54) is 18.1 Å². The van der Waals surface area contributed by atoms with Crippen LogP contribution in [-0.4, -0.2) is 23.9 Å². The maximum Gasteiger partial charge on any atom is 0.264 e. The van der Waals surface area contributed by atoms with Gasteiger partial charge >= 0.3 is 0 Å². The van der Waals surface area contributed by atoms with E-state index in [1.807, 2.05) is 0 Å². The van der Waals surface area contributed by atoms with Crippen LogP contribution in [0.25, 0.3) is 0 Å². The summed E-state index contributed by atoms with van der Waals surface area (Å²) in [4.78, 5) is 27.6. The molecule has 5 nitrogen and oxygen atoms in total. The average Bonchev–Trinajstić information content (AvgIpc) is 2.97. The van der Waals surface area contributed by atoms with Crippen molar-refractivity contribution in [2.24, 2.45) is 0 Å². The number of fused-ring (bicyclic) bond motifs is 1. The van der Waals surface area contributed by atoms with Crippen LogP contribution in [0.4, 0.5) is 10.1 Å². The van der Waals surface area contributed by atoms with Gasteiger partial charge in [0, 0.05) is 11.1 Å². The number of ether oxygens (including phenoxy) is 1. The summed E-state index contributed by atoms with van der Waals surface area (Å²) in [6, 6.07) is 19.5. The van der Waals surface area contributed by atoms with Gasteiger partial charge in [-0.25, -0.2) is 4.39 Å². The topological polar surface area (TPSA) is 66.8 Å². The van der Waals surface area contributed by atoms with Crippen LogP contribution in [0.3, 0.4) is 0 Å². The van der Waals surface area contributed by atoms with Crippen molar-refractivity contribution in [2.45, 2.75) is 18.6 Å². The Balaban J connectivity index is 1.70. The first-order valence-electron chi connectivity index (χ1n) is 9.49. The van der Waals surface area contributed by atoms with Crippen LogP contribution in [0.15, 0.2) is 72.8 Å². The Morgan fingerprint density at radius 2 is 1.70 bits per heavy atom. The fourth-order valence-corrected chi connectivity index (χ4v) is 3.83. The minimum absolute atomic E-state index is 0.0479. The summed E-state index contributed by atoms with van der Waals surface area (Å²) in [5.41, 5.74) is -0.650. The van der Waals surface area contributed by atoms with Crippen molar-refractivity contribution in [1.82, 2.24) is 0 Å². The van der Waals surface area contributed by atoms with E-state index in [2.05, 4.69) is 0 Å². The number of methoxy groups -OCH3 is 1. The second-order valence-electron chi connectivity index (χ2n) is 7.16. The molecule has 6 heteroatoms. The molecule has 1 N–H and O–H groups in total. The van der Waals surface area contributed by atoms with E-state index in [1.54, 1.807) is 66.7 Å². The first-order chi connectivity index (χ1) is 14.5. The molecular formula is C24H20FNO4. The monoisotopic (exact) mass is 405 g/mol. The number of carbonyl (C=O) groups excluding carboxylic acids is 2. The number of para-hydroxylation sites is 2. The Morgan fingerprint density at radius 3 is 2.47 bits per heavy atom. The van der Waals surface area contributed by atoms with Crippen molar-refractivity contribution in [3.8, 4) is 5.75 Å². The number of benzene rings is 3. The van der Waals surface area contributed by atoms with E-state index < -0.39 is 29.5 Å². The van der Waals surface area contributed by atoms with E-state index in [9.17, 15) is 19.1 Å². The largest absolute Gasteiger partial charge is 0.496 e. The van der Waals surface area contributed by atoms with Crippen molar-refractivity contribution in [3.05, 3.63) is 95.3 Å². The van der Waals surface area contributed by atoms with Crippen LogP contribution in [0.1, 0.15) is 27.9 Å². The number of amides is 1. The SMILES string of the molecule is COc1ccccc1C(=O)C[C@]1(O)C(=O)N(Cc2ccccc2F)c2ccccc21. The minimum atomic E-state index is -2.04. The van der Waals surface area contributed by atoms with E-state index in [0.29, 0.717) is 22.6 Å². The number of hydrogen-bond acceptors (Lipinski definition) is 4. The minimum Gasteiger partial charge on any atom is -0.496 e. The molecule has 0 aliphatic carbocycles. The molecule has 1 atom stereocenters. The lowest BCUT2D eigenvalue weighted by molar-refractivity contribution is -0.136. The highest BCUT2D eigenvalue weighted by molar-refractivity contribution is 6.11. The Morgan fingerprint density at radius 1 is 1.03 bits per heavy atom. The molecule has 0 radical (unpaired) electrons. The van der Waals surface area contributed by atoms with Gasteiger partial charge in [-0.2, -0.15) is 0 Å². The van der Waals surface area contributed by atoms with Gasteiger partial charge in [0.15, 0.2) is 11.4 Å². The number of hydrogen-bond donors (Lipinski definition) is 1. The molecular weight excluding hydrogens is 385 g/mol. The van der Waals surface area contributed by atoms with Crippen molar-refractivity contribution >= 4 is 17.4 Å². The molecule has 1 heterocycles. The molecule has 0 spiro atoms. The normalized spacial score (nSPS) is 17.7. The van der Waals surface area contributed by atoms with Crippen molar-refractivity contribution in [1.29, 1.82) is 0 Å². The molecule has 1 aliphatic heterocycles. The predicted octanol–water partition coefficient (Wildman–Crippen LogP) is 3.84. The van der Waals surface area contributed by atoms with Gasteiger partial charge in [0.05, 0.1) is 31.3 Å². The molecule has 0 unspecified atom stereocenters. The molecule has 4 rings (SSSR count). The standard InChI is InChI=1S/C24H20FNO4/c1-30-22-13-7-3-9-17(22)21(27)14-24(29)18-10-4-6-12-20(18)26(23(24)28)15-16-8-2-5-11-19(16)25/h2-13,29H,14-15H2,1H3/t24-/m1/s1. The smallest absolute Gasteiger partial charge is 0.264 e. The Bertz CT molecular complexity index is 1130. The van der Waals surface area contributed by atoms with Gasteiger partial charge in [0.25, 0.3) is 5.91 Å². The van der Waals surface area contributed by atoms with Crippen LogP contribution >= 0.6 is 0 Å². The predicted molar refractivity (Wildman–Crippen MR) is 110 cm³/mol. The molecule has 0 fully saturated rings. The van der Waals surface area contributed by atoms with E-state index in [-0.39, 0.29) is 12.1 Å². The third kappa shape index (κ3) is 3.25. The van der Waals surface area contributed by atoms with Crippen molar-refractivity contribution in [2.75, 3.05) is 12.0 Å². The molecule has 0 bridgehead atoms. The van der Waals surface area contributed by atoms with Crippen LogP contribution in [0.5, 0.6) is 5.75 Å². The second kappa shape index (κ2) is 7.72. The Hall–Kier alpha value is -3.51. The van der Waals surface area contributed by atoms with Gasteiger partial charge in [-0.1, -0.05) is 48.5 Å².